The van der Waals surface area contributed by atoms with E-state index in [0.717, 1.165) is 49.3 Å². The van der Waals surface area contributed by atoms with Gasteiger partial charge in [-0.3, -0.25) is 14.5 Å². The number of imide groups is 1. The average molecular weight is 361 g/mol. The third kappa shape index (κ3) is 3.12. The van der Waals surface area contributed by atoms with Crippen molar-refractivity contribution in [2.75, 3.05) is 6.54 Å². The van der Waals surface area contributed by atoms with Crippen molar-refractivity contribution in [3.63, 3.8) is 0 Å². The minimum Gasteiger partial charge on any atom is -0.335 e. The number of amides is 4. The Balaban J connectivity index is 1.42. The second-order valence-corrected chi connectivity index (χ2v) is 8.91. The molecule has 6 heteroatoms. The third-order valence-corrected chi connectivity index (χ3v) is 7.00. The molecule has 0 aromatic carbocycles. The fourth-order valence-corrected chi connectivity index (χ4v) is 4.90. The van der Waals surface area contributed by atoms with E-state index in [1.807, 2.05) is 4.90 Å². The third-order valence-electron chi connectivity index (χ3n) is 7.00. The normalized spacial score (nSPS) is 34.8. The zero-order valence-electron chi connectivity index (χ0n) is 16.0. The smallest absolute Gasteiger partial charge is 0.325 e. The van der Waals surface area contributed by atoms with Crippen molar-refractivity contribution < 1.29 is 14.4 Å². The van der Waals surface area contributed by atoms with Gasteiger partial charge in [0.1, 0.15) is 12.1 Å². The van der Waals surface area contributed by atoms with Gasteiger partial charge in [-0.25, -0.2) is 4.79 Å². The Kier molecular flexibility index (Phi) is 4.48. The van der Waals surface area contributed by atoms with E-state index in [2.05, 4.69) is 12.2 Å². The lowest BCUT2D eigenvalue weighted by molar-refractivity contribution is -0.141. The molecule has 3 saturated carbocycles. The summed E-state index contributed by atoms with van der Waals surface area (Å²) >= 11 is 0. The van der Waals surface area contributed by atoms with Gasteiger partial charge in [-0.2, -0.15) is 0 Å². The molecule has 4 rings (SSSR count). The first-order valence-electron chi connectivity index (χ1n) is 10.4. The first kappa shape index (κ1) is 17.8. The Morgan fingerprint density at radius 3 is 2.15 bits per heavy atom. The van der Waals surface area contributed by atoms with Gasteiger partial charge in [0.15, 0.2) is 0 Å². The second kappa shape index (κ2) is 6.54. The summed E-state index contributed by atoms with van der Waals surface area (Å²) in [5.74, 6) is 0.746. The van der Waals surface area contributed by atoms with E-state index in [4.69, 9.17) is 0 Å². The molecule has 1 aliphatic heterocycles. The summed E-state index contributed by atoms with van der Waals surface area (Å²) in [5.41, 5.74) is -0.805. The molecule has 26 heavy (non-hydrogen) atoms. The summed E-state index contributed by atoms with van der Waals surface area (Å²) in [6.45, 7) is 3.94. The monoisotopic (exact) mass is 361 g/mol. The first-order valence-corrected chi connectivity index (χ1v) is 10.4. The molecule has 6 nitrogen and oxygen atoms in total. The van der Waals surface area contributed by atoms with Gasteiger partial charge in [0.2, 0.25) is 5.91 Å². The number of nitrogens with one attached hydrogen (secondary N) is 1. The predicted octanol–water partition coefficient (Wildman–Crippen LogP) is 2.67. The molecule has 0 radical (unpaired) electrons. The van der Waals surface area contributed by atoms with E-state index in [9.17, 15) is 14.4 Å². The molecular formula is C20H31N3O3. The molecule has 0 aromatic rings. The van der Waals surface area contributed by atoms with Crippen LogP contribution in [0.2, 0.25) is 0 Å². The highest BCUT2D eigenvalue weighted by Crippen LogP contribution is 2.43. The van der Waals surface area contributed by atoms with Crippen molar-refractivity contribution in [2.24, 2.45) is 11.8 Å². The molecule has 0 bridgehead atoms. The number of carbonyl (C=O) groups is 3. The van der Waals surface area contributed by atoms with Crippen LogP contribution in [0.25, 0.3) is 0 Å². The van der Waals surface area contributed by atoms with Crippen LogP contribution in [0.3, 0.4) is 0 Å². The van der Waals surface area contributed by atoms with E-state index < -0.39 is 11.6 Å². The number of carbonyl (C=O) groups excluding carboxylic acids is 3. The van der Waals surface area contributed by atoms with Gasteiger partial charge < -0.3 is 10.2 Å². The maximum atomic E-state index is 13.1. The van der Waals surface area contributed by atoms with Gasteiger partial charge >= 0.3 is 6.03 Å². The highest BCUT2D eigenvalue weighted by Gasteiger charge is 2.56. The number of hydrogen-bond donors (Lipinski definition) is 1. The van der Waals surface area contributed by atoms with Gasteiger partial charge in [-0.1, -0.05) is 13.3 Å². The van der Waals surface area contributed by atoms with Crippen molar-refractivity contribution in [3.05, 3.63) is 0 Å². The molecule has 144 valence electrons. The standard InChI is InChI=1S/C20H31N3O3/c1-3-13-4-8-15(9-5-13)23(16-10-11-16)17(24)12-22-18(25)20(2,14-6-7-14)21-19(22)26/h13-16H,3-12H2,1-2H3,(H,21,26). The molecule has 4 fully saturated rings. The Bertz CT molecular complexity index is 605. The van der Waals surface area contributed by atoms with Crippen molar-refractivity contribution in [2.45, 2.75) is 89.3 Å². The van der Waals surface area contributed by atoms with Crippen molar-refractivity contribution in [3.8, 4) is 0 Å². The summed E-state index contributed by atoms with van der Waals surface area (Å²) in [6, 6.07) is 0.206. The predicted molar refractivity (Wildman–Crippen MR) is 97.3 cm³/mol. The molecular weight excluding hydrogens is 330 g/mol. The van der Waals surface area contributed by atoms with E-state index in [0.29, 0.717) is 6.04 Å². The van der Waals surface area contributed by atoms with Crippen LogP contribution in [0, 0.1) is 11.8 Å². The average Bonchev–Trinajstić information content (AvgIpc) is 3.52. The van der Waals surface area contributed by atoms with Gasteiger partial charge in [-0.05, 0) is 70.1 Å². The van der Waals surface area contributed by atoms with Crippen LogP contribution in [0.5, 0.6) is 0 Å². The van der Waals surface area contributed by atoms with Crippen LogP contribution in [-0.4, -0.2) is 51.8 Å². The van der Waals surface area contributed by atoms with Crippen molar-refractivity contribution >= 4 is 17.8 Å². The Morgan fingerprint density at radius 2 is 1.65 bits per heavy atom. The molecule has 1 N–H and O–H groups in total. The summed E-state index contributed by atoms with van der Waals surface area (Å²) in [6.07, 6.45) is 9.74. The molecule has 1 saturated heterocycles. The topological polar surface area (TPSA) is 69.7 Å². The Hall–Kier alpha value is -1.59. The maximum absolute atomic E-state index is 13.1. The lowest BCUT2D eigenvalue weighted by atomic mass is 9.84. The SMILES string of the molecule is CCC1CCC(N(C(=O)CN2C(=O)NC(C)(C3CC3)C2=O)C2CC2)CC1. The Labute approximate surface area is 155 Å². The quantitative estimate of drug-likeness (QED) is 0.740. The number of hydrogen-bond acceptors (Lipinski definition) is 3. The van der Waals surface area contributed by atoms with Crippen LogP contribution in [0.4, 0.5) is 4.79 Å². The van der Waals surface area contributed by atoms with E-state index in [-0.39, 0.29) is 30.3 Å². The highest BCUT2D eigenvalue weighted by molar-refractivity contribution is 6.09. The minimum absolute atomic E-state index is 0.0454. The highest BCUT2D eigenvalue weighted by atomic mass is 16.2. The molecule has 4 aliphatic rings. The zero-order chi connectivity index (χ0) is 18.5. The molecule has 0 aromatic heterocycles. The van der Waals surface area contributed by atoms with Gasteiger partial charge in [-0.15, -0.1) is 0 Å². The summed E-state index contributed by atoms with van der Waals surface area (Å²) in [4.78, 5) is 41.4. The van der Waals surface area contributed by atoms with E-state index in [1.54, 1.807) is 6.92 Å². The second-order valence-electron chi connectivity index (χ2n) is 8.91. The molecule has 4 amide bonds. The van der Waals surface area contributed by atoms with Gasteiger partial charge in [0.05, 0.1) is 0 Å². The summed E-state index contributed by atoms with van der Waals surface area (Å²) < 4.78 is 0. The fraction of sp³-hybridized carbons (Fsp3) is 0.850. The zero-order valence-corrected chi connectivity index (χ0v) is 16.0. The Morgan fingerprint density at radius 1 is 1.08 bits per heavy atom. The lowest BCUT2D eigenvalue weighted by Gasteiger charge is -2.37. The van der Waals surface area contributed by atoms with E-state index >= 15 is 0 Å². The number of rotatable bonds is 6. The molecule has 3 aliphatic carbocycles. The summed E-state index contributed by atoms with van der Waals surface area (Å²) in [7, 11) is 0. The number of nitrogens with zero attached hydrogens (tertiary/aromatic N) is 2. The maximum Gasteiger partial charge on any atom is 0.325 e. The van der Waals surface area contributed by atoms with Crippen LogP contribution in [0.15, 0.2) is 0 Å². The van der Waals surface area contributed by atoms with Crippen molar-refractivity contribution in [1.82, 2.24) is 15.1 Å². The van der Waals surface area contributed by atoms with Crippen LogP contribution in [0.1, 0.15) is 71.6 Å². The van der Waals surface area contributed by atoms with Crippen LogP contribution in [-0.2, 0) is 9.59 Å². The fourth-order valence-electron chi connectivity index (χ4n) is 4.90. The molecule has 1 heterocycles. The minimum atomic E-state index is -0.805. The largest absolute Gasteiger partial charge is 0.335 e. The lowest BCUT2D eigenvalue weighted by Crippen LogP contribution is -2.50. The molecule has 0 spiro atoms. The number of urea groups is 1. The summed E-state index contributed by atoms with van der Waals surface area (Å²) in [5, 5.41) is 2.84. The van der Waals surface area contributed by atoms with Crippen LogP contribution >= 0.6 is 0 Å². The van der Waals surface area contributed by atoms with Gasteiger partial charge in [0, 0.05) is 12.1 Å². The first-order chi connectivity index (χ1) is 12.4. The molecule has 1 unspecified atom stereocenters. The molecule has 1 atom stereocenters. The van der Waals surface area contributed by atoms with Gasteiger partial charge in [0.25, 0.3) is 5.91 Å². The van der Waals surface area contributed by atoms with E-state index in [1.165, 1.54) is 19.3 Å². The van der Waals surface area contributed by atoms with Crippen molar-refractivity contribution in [1.29, 1.82) is 0 Å². The van der Waals surface area contributed by atoms with Crippen LogP contribution < -0.4 is 5.32 Å².